The summed E-state index contributed by atoms with van der Waals surface area (Å²) < 4.78 is 7.29. The van der Waals surface area contributed by atoms with Gasteiger partial charge in [-0.1, -0.05) is 13.8 Å². The molecule has 0 aliphatic carbocycles. The fourth-order valence-electron chi connectivity index (χ4n) is 1.83. The molecule has 92 valence electrons. The van der Waals surface area contributed by atoms with Gasteiger partial charge in [-0.3, -0.25) is 0 Å². The molecule has 0 amide bonds. The molecule has 3 nitrogen and oxygen atoms in total. The molecular formula is C13H24N2O. The highest BCUT2D eigenvalue weighted by Gasteiger charge is 2.12. The van der Waals surface area contributed by atoms with E-state index >= 15 is 0 Å². The molecule has 1 rings (SSSR count). The fraction of sp³-hybridized carbons (Fsp3) is 0.692. The minimum Gasteiger partial charge on any atom is -0.385 e. The van der Waals surface area contributed by atoms with E-state index in [1.165, 1.54) is 5.69 Å². The van der Waals surface area contributed by atoms with Gasteiger partial charge in [0.1, 0.15) is 0 Å². The van der Waals surface area contributed by atoms with E-state index in [1.807, 2.05) is 0 Å². The van der Waals surface area contributed by atoms with Crippen LogP contribution < -0.4 is 5.32 Å². The van der Waals surface area contributed by atoms with Gasteiger partial charge < -0.3 is 14.6 Å². The van der Waals surface area contributed by atoms with Crippen LogP contribution in [0.15, 0.2) is 18.3 Å². The highest BCUT2D eigenvalue weighted by Crippen LogP contribution is 2.08. The second kappa shape index (κ2) is 6.71. The number of hydrogen-bond acceptors (Lipinski definition) is 2. The van der Waals surface area contributed by atoms with Crippen LogP contribution in [0, 0.1) is 5.92 Å². The molecule has 0 fully saturated rings. The quantitative estimate of drug-likeness (QED) is 0.768. The molecule has 1 N–H and O–H groups in total. The van der Waals surface area contributed by atoms with Gasteiger partial charge in [0.05, 0.1) is 0 Å². The van der Waals surface area contributed by atoms with Gasteiger partial charge in [-0.2, -0.15) is 0 Å². The first-order valence-corrected chi connectivity index (χ1v) is 5.97. The lowest BCUT2D eigenvalue weighted by Crippen LogP contribution is -2.34. The molecule has 0 saturated carbocycles. The fourth-order valence-corrected chi connectivity index (χ4v) is 1.83. The van der Waals surface area contributed by atoms with Gasteiger partial charge in [-0.25, -0.2) is 0 Å². The van der Waals surface area contributed by atoms with Crippen molar-refractivity contribution < 1.29 is 4.74 Å². The lowest BCUT2D eigenvalue weighted by atomic mass is 10.0. The van der Waals surface area contributed by atoms with Crippen molar-refractivity contribution in [2.24, 2.45) is 13.0 Å². The van der Waals surface area contributed by atoms with Crippen LogP contribution >= 0.6 is 0 Å². The van der Waals surface area contributed by atoms with Gasteiger partial charge in [-0.05, 0) is 24.5 Å². The number of aryl methyl sites for hydroxylation is 1. The average Bonchev–Trinajstić information content (AvgIpc) is 2.64. The van der Waals surface area contributed by atoms with Gasteiger partial charge in [0.2, 0.25) is 0 Å². The Kier molecular flexibility index (Phi) is 5.56. The number of hydrogen-bond donors (Lipinski definition) is 1. The minimum atomic E-state index is 0.523. The predicted molar refractivity (Wildman–Crippen MR) is 67.4 cm³/mol. The van der Waals surface area contributed by atoms with Crippen LogP contribution in [0.4, 0.5) is 0 Å². The zero-order valence-corrected chi connectivity index (χ0v) is 10.9. The Morgan fingerprint density at radius 3 is 2.69 bits per heavy atom. The number of rotatable bonds is 7. The lowest BCUT2D eigenvalue weighted by molar-refractivity contribution is 0.173. The first-order chi connectivity index (χ1) is 7.65. The smallest absolute Gasteiger partial charge is 0.0477 e. The molecule has 1 atom stereocenters. The Labute approximate surface area is 98.8 Å². The van der Waals surface area contributed by atoms with Crippen LogP contribution in [0.2, 0.25) is 0 Å². The molecular weight excluding hydrogens is 200 g/mol. The molecule has 1 aromatic heterocycles. The van der Waals surface area contributed by atoms with E-state index in [2.05, 4.69) is 49.1 Å². The summed E-state index contributed by atoms with van der Waals surface area (Å²) in [5.41, 5.74) is 1.32. The van der Waals surface area contributed by atoms with Crippen LogP contribution in [-0.4, -0.2) is 24.3 Å². The van der Waals surface area contributed by atoms with Crippen molar-refractivity contribution in [1.29, 1.82) is 0 Å². The van der Waals surface area contributed by atoms with Crippen molar-refractivity contribution in [3.8, 4) is 0 Å². The Morgan fingerprint density at radius 2 is 2.19 bits per heavy atom. The van der Waals surface area contributed by atoms with E-state index in [9.17, 15) is 0 Å². The van der Waals surface area contributed by atoms with Crippen molar-refractivity contribution in [3.63, 3.8) is 0 Å². The maximum Gasteiger partial charge on any atom is 0.0477 e. The zero-order chi connectivity index (χ0) is 12.0. The van der Waals surface area contributed by atoms with Crippen molar-refractivity contribution in [2.45, 2.75) is 32.9 Å². The second-order valence-electron chi connectivity index (χ2n) is 4.62. The second-order valence-corrected chi connectivity index (χ2v) is 4.62. The Bertz CT molecular complexity index is 294. The Balaban J connectivity index is 2.40. The summed E-state index contributed by atoms with van der Waals surface area (Å²) in [5, 5.41) is 3.60. The summed E-state index contributed by atoms with van der Waals surface area (Å²) in [6.45, 7) is 6.25. The summed E-state index contributed by atoms with van der Waals surface area (Å²) >= 11 is 0. The first kappa shape index (κ1) is 13.3. The number of nitrogens with one attached hydrogen (secondary N) is 1. The summed E-state index contributed by atoms with van der Waals surface area (Å²) in [4.78, 5) is 0. The van der Waals surface area contributed by atoms with Crippen molar-refractivity contribution in [2.75, 3.05) is 13.7 Å². The van der Waals surface area contributed by atoms with Gasteiger partial charge in [0.25, 0.3) is 0 Å². The molecule has 0 aromatic carbocycles. The maximum atomic E-state index is 5.14. The van der Waals surface area contributed by atoms with Gasteiger partial charge in [0.15, 0.2) is 0 Å². The minimum absolute atomic E-state index is 0.523. The lowest BCUT2D eigenvalue weighted by Gasteiger charge is -2.22. The average molecular weight is 224 g/mol. The summed E-state index contributed by atoms with van der Waals surface area (Å²) in [7, 11) is 3.84. The molecule has 16 heavy (non-hydrogen) atoms. The zero-order valence-electron chi connectivity index (χ0n) is 10.9. The molecule has 3 heteroatoms. The largest absolute Gasteiger partial charge is 0.385 e. The monoisotopic (exact) mass is 224 g/mol. The molecule has 0 bridgehead atoms. The normalized spacial score (nSPS) is 13.3. The molecule has 0 aliphatic rings. The molecule has 0 unspecified atom stereocenters. The van der Waals surface area contributed by atoms with E-state index in [1.54, 1.807) is 7.11 Å². The molecule has 0 spiro atoms. The van der Waals surface area contributed by atoms with Gasteiger partial charge in [0, 0.05) is 45.2 Å². The van der Waals surface area contributed by atoms with E-state index in [4.69, 9.17) is 4.74 Å². The van der Waals surface area contributed by atoms with Crippen molar-refractivity contribution in [3.05, 3.63) is 24.0 Å². The Hall–Kier alpha value is -0.800. The molecule has 1 aromatic rings. The van der Waals surface area contributed by atoms with Crippen LogP contribution in [0.1, 0.15) is 26.0 Å². The van der Waals surface area contributed by atoms with Crippen molar-refractivity contribution in [1.82, 2.24) is 9.88 Å². The highest BCUT2D eigenvalue weighted by atomic mass is 16.5. The standard InChI is InChI=1S/C13H24N2O/c1-11(2)13(7-9-16-4)14-10-12-6-5-8-15(12)3/h5-6,8,11,13-14H,7,9-10H2,1-4H3/t13-/m1/s1. The topological polar surface area (TPSA) is 26.2 Å². The van der Waals surface area contributed by atoms with Crippen LogP contribution in [0.5, 0.6) is 0 Å². The first-order valence-electron chi connectivity index (χ1n) is 5.97. The van der Waals surface area contributed by atoms with Crippen molar-refractivity contribution >= 4 is 0 Å². The van der Waals surface area contributed by atoms with E-state index in [0.29, 0.717) is 12.0 Å². The number of nitrogens with zero attached hydrogens (tertiary/aromatic N) is 1. The summed E-state index contributed by atoms with van der Waals surface area (Å²) in [5.74, 6) is 0.635. The summed E-state index contributed by atoms with van der Waals surface area (Å²) in [6, 6.07) is 4.76. The third-order valence-corrected chi connectivity index (χ3v) is 3.03. The van der Waals surface area contributed by atoms with Crippen LogP contribution in [0.3, 0.4) is 0 Å². The van der Waals surface area contributed by atoms with Crippen LogP contribution in [-0.2, 0) is 18.3 Å². The number of aromatic nitrogens is 1. The van der Waals surface area contributed by atoms with Crippen LogP contribution in [0.25, 0.3) is 0 Å². The molecule has 0 aliphatic heterocycles. The van der Waals surface area contributed by atoms with Gasteiger partial charge in [-0.15, -0.1) is 0 Å². The number of methoxy groups -OCH3 is 1. The third kappa shape index (κ3) is 3.99. The number of ether oxygens (including phenoxy) is 1. The third-order valence-electron chi connectivity index (χ3n) is 3.03. The molecule has 0 radical (unpaired) electrons. The van der Waals surface area contributed by atoms with Gasteiger partial charge >= 0.3 is 0 Å². The van der Waals surface area contributed by atoms with E-state index in [-0.39, 0.29) is 0 Å². The van der Waals surface area contributed by atoms with E-state index in [0.717, 1.165) is 19.6 Å². The molecule has 0 saturated heterocycles. The summed E-state index contributed by atoms with van der Waals surface area (Å²) in [6.07, 6.45) is 3.15. The Morgan fingerprint density at radius 1 is 1.44 bits per heavy atom. The molecule has 1 heterocycles. The SMILES string of the molecule is COCC[C@@H](NCc1cccn1C)C(C)C. The predicted octanol–water partition coefficient (Wildman–Crippen LogP) is 2.18. The maximum absolute atomic E-state index is 5.14. The highest BCUT2D eigenvalue weighted by molar-refractivity contribution is 5.06. The van der Waals surface area contributed by atoms with E-state index < -0.39 is 0 Å².